The third kappa shape index (κ3) is 2.32. The number of hydrogen-bond donors (Lipinski definition) is 1. The minimum atomic E-state index is -0.480. The SMILES string of the molecule is CCN(CC)C(=O)c1cc(N)cc(C)c1F. The molecule has 4 heteroatoms. The number of carbonyl (C=O) groups excluding carboxylic acids is 1. The van der Waals surface area contributed by atoms with Gasteiger partial charge in [0.25, 0.3) is 5.91 Å². The number of carbonyl (C=O) groups is 1. The highest BCUT2D eigenvalue weighted by Crippen LogP contribution is 2.18. The Morgan fingerprint density at radius 1 is 1.38 bits per heavy atom. The van der Waals surface area contributed by atoms with Crippen molar-refractivity contribution in [3.05, 3.63) is 29.1 Å². The quantitative estimate of drug-likeness (QED) is 0.800. The van der Waals surface area contributed by atoms with E-state index in [4.69, 9.17) is 5.73 Å². The molecule has 0 aliphatic rings. The summed E-state index contributed by atoms with van der Waals surface area (Å²) in [6.45, 7) is 6.44. The van der Waals surface area contributed by atoms with Gasteiger partial charge in [0.1, 0.15) is 5.82 Å². The molecular formula is C12H17FN2O. The van der Waals surface area contributed by atoms with Crippen molar-refractivity contribution < 1.29 is 9.18 Å². The van der Waals surface area contributed by atoms with Gasteiger partial charge in [-0.2, -0.15) is 0 Å². The van der Waals surface area contributed by atoms with Gasteiger partial charge in [0.05, 0.1) is 5.56 Å². The fourth-order valence-corrected chi connectivity index (χ4v) is 1.63. The average Bonchev–Trinajstić information content (AvgIpc) is 2.24. The third-order valence-corrected chi connectivity index (χ3v) is 2.56. The molecule has 1 rings (SSSR count). The number of halogens is 1. The summed E-state index contributed by atoms with van der Waals surface area (Å²) >= 11 is 0. The van der Waals surface area contributed by atoms with Gasteiger partial charge >= 0.3 is 0 Å². The van der Waals surface area contributed by atoms with E-state index in [1.165, 1.54) is 12.1 Å². The molecule has 0 aliphatic carbocycles. The van der Waals surface area contributed by atoms with Gasteiger partial charge in [-0.05, 0) is 38.5 Å². The molecule has 0 aromatic heterocycles. The van der Waals surface area contributed by atoms with E-state index in [9.17, 15) is 9.18 Å². The molecule has 0 bridgehead atoms. The van der Waals surface area contributed by atoms with Crippen LogP contribution >= 0.6 is 0 Å². The zero-order valence-corrected chi connectivity index (χ0v) is 9.88. The molecule has 1 amide bonds. The van der Waals surface area contributed by atoms with Crippen LogP contribution in [0.2, 0.25) is 0 Å². The Bertz CT molecular complexity index is 400. The van der Waals surface area contributed by atoms with E-state index < -0.39 is 5.82 Å². The molecule has 1 aromatic carbocycles. The van der Waals surface area contributed by atoms with Crippen molar-refractivity contribution in [3.8, 4) is 0 Å². The van der Waals surface area contributed by atoms with E-state index >= 15 is 0 Å². The van der Waals surface area contributed by atoms with Crippen LogP contribution in [0.3, 0.4) is 0 Å². The minimum absolute atomic E-state index is 0.0567. The first-order chi connectivity index (χ1) is 7.51. The number of rotatable bonds is 3. The Morgan fingerprint density at radius 2 is 1.94 bits per heavy atom. The summed E-state index contributed by atoms with van der Waals surface area (Å²) in [5, 5.41) is 0. The lowest BCUT2D eigenvalue weighted by molar-refractivity contribution is 0.0768. The van der Waals surface area contributed by atoms with Gasteiger partial charge in [-0.1, -0.05) is 0 Å². The number of amides is 1. The molecule has 0 heterocycles. The van der Waals surface area contributed by atoms with Gasteiger partial charge in [-0.25, -0.2) is 4.39 Å². The monoisotopic (exact) mass is 224 g/mol. The van der Waals surface area contributed by atoms with Crippen LogP contribution in [0.1, 0.15) is 29.8 Å². The number of nitrogen functional groups attached to an aromatic ring is 1. The second-order valence-electron chi connectivity index (χ2n) is 3.68. The number of anilines is 1. The highest BCUT2D eigenvalue weighted by molar-refractivity contribution is 5.95. The number of nitrogens with zero attached hydrogens (tertiary/aromatic N) is 1. The van der Waals surface area contributed by atoms with E-state index in [0.717, 1.165) is 0 Å². The molecule has 0 fully saturated rings. The summed E-state index contributed by atoms with van der Waals surface area (Å²) in [4.78, 5) is 13.5. The first kappa shape index (κ1) is 12.5. The van der Waals surface area contributed by atoms with Gasteiger partial charge in [0.15, 0.2) is 0 Å². The van der Waals surface area contributed by atoms with Gasteiger partial charge in [-0.3, -0.25) is 4.79 Å². The summed E-state index contributed by atoms with van der Waals surface area (Å²) < 4.78 is 13.8. The molecule has 1 aromatic rings. The van der Waals surface area contributed by atoms with Crippen LogP contribution in [0.5, 0.6) is 0 Å². The van der Waals surface area contributed by atoms with E-state index in [2.05, 4.69) is 0 Å². The Morgan fingerprint density at radius 3 is 2.44 bits per heavy atom. The van der Waals surface area contributed by atoms with Crippen LogP contribution in [-0.2, 0) is 0 Å². The van der Waals surface area contributed by atoms with Crippen LogP contribution in [0, 0.1) is 12.7 Å². The number of benzene rings is 1. The molecule has 0 aliphatic heterocycles. The van der Waals surface area contributed by atoms with Crippen molar-refractivity contribution in [1.82, 2.24) is 4.90 Å². The summed E-state index contributed by atoms with van der Waals surface area (Å²) in [7, 11) is 0. The fourth-order valence-electron chi connectivity index (χ4n) is 1.63. The van der Waals surface area contributed by atoms with Crippen LogP contribution in [0.4, 0.5) is 10.1 Å². The largest absolute Gasteiger partial charge is 0.399 e. The lowest BCUT2D eigenvalue weighted by Crippen LogP contribution is -2.31. The van der Waals surface area contributed by atoms with Crippen molar-refractivity contribution >= 4 is 11.6 Å². The number of hydrogen-bond acceptors (Lipinski definition) is 2. The van der Waals surface area contributed by atoms with Crippen molar-refractivity contribution in [2.45, 2.75) is 20.8 Å². The highest BCUT2D eigenvalue weighted by atomic mass is 19.1. The summed E-state index contributed by atoms with van der Waals surface area (Å²) in [5.41, 5.74) is 6.48. The second kappa shape index (κ2) is 4.96. The summed E-state index contributed by atoms with van der Waals surface area (Å²) in [6.07, 6.45) is 0. The van der Waals surface area contributed by atoms with Crippen LogP contribution < -0.4 is 5.73 Å². The van der Waals surface area contributed by atoms with Gasteiger partial charge < -0.3 is 10.6 Å². The van der Waals surface area contributed by atoms with E-state index in [1.54, 1.807) is 11.8 Å². The van der Waals surface area contributed by atoms with Gasteiger partial charge in [0.2, 0.25) is 0 Å². The van der Waals surface area contributed by atoms with Gasteiger partial charge in [0, 0.05) is 18.8 Å². The normalized spacial score (nSPS) is 10.2. The van der Waals surface area contributed by atoms with Crippen LogP contribution in [-0.4, -0.2) is 23.9 Å². The molecular weight excluding hydrogens is 207 g/mol. The molecule has 0 atom stereocenters. The molecule has 16 heavy (non-hydrogen) atoms. The lowest BCUT2D eigenvalue weighted by atomic mass is 10.1. The minimum Gasteiger partial charge on any atom is -0.399 e. The molecule has 2 N–H and O–H groups in total. The molecule has 0 spiro atoms. The lowest BCUT2D eigenvalue weighted by Gasteiger charge is -2.19. The van der Waals surface area contributed by atoms with E-state index in [0.29, 0.717) is 24.3 Å². The summed E-state index contributed by atoms with van der Waals surface area (Å²) in [5.74, 6) is -0.788. The highest BCUT2D eigenvalue weighted by Gasteiger charge is 2.18. The predicted molar refractivity (Wildman–Crippen MR) is 62.8 cm³/mol. The molecule has 0 saturated carbocycles. The average molecular weight is 224 g/mol. The molecule has 0 radical (unpaired) electrons. The van der Waals surface area contributed by atoms with Crippen molar-refractivity contribution in [1.29, 1.82) is 0 Å². The second-order valence-corrected chi connectivity index (χ2v) is 3.68. The Kier molecular flexibility index (Phi) is 3.88. The van der Waals surface area contributed by atoms with Crippen molar-refractivity contribution in [2.24, 2.45) is 0 Å². The molecule has 0 unspecified atom stereocenters. The number of aryl methyl sites for hydroxylation is 1. The van der Waals surface area contributed by atoms with Crippen molar-refractivity contribution in [3.63, 3.8) is 0 Å². The standard InChI is InChI=1S/C12H17FN2O/c1-4-15(5-2)12(16)10-7-9(14)6-8(3)11(10)13/h6-7H,4-5,14H2,1-3H3. The molecule has 3 nitrogen and oxygen atoms in total. The smallest absolute Gasteiger partial charge is 0.256 e. The third-order valence-electron chi connectivity index (χ3n) is 2.56. The summed E-state index contributed by atoms with van der Waals surface area (Å²) in [6, 6.07) is 2.91. The Balaban J connectivity index is 3.17. The zero-order valence-electron chi connectivity index (χ0n) is 9.88. The molecule has 0 saturated heterocycles. The number of nitrogens with two attached hydrogens (primary N) is 1. The Labute approximate surface area is 95.0 Å². The first-order valence-corrected chi connectivity index (χ1v) is 5.36. The maximum absolute atomic E-state index is 13.8. The van der Waals surface area contributed by atoms with Crippen LogP contribution in [0.15, 0.2) is 12.1 Å². The predicted octanol–water partition coefficient (Wildman–Crippen LogP) is 2.20. The molecule has 88 valence electrons. The van der Waals surface area contributed by atoms with Crippen molar-refractivity contribution in [2.75, 3.05) is 18.8 Å². The van der Waals surface area contributed by atoms with Crippen LogP contribution in [0.25, 0.3) is 0 Å². The fraction of sp³-hybridized carbons (Fsp3) is 0.417. The maximum atomic E-state index is 13.8. The first-order valence-electron chi connectivity index (χ1n) is 5.36. The van der Waals surface area contributed by atoms with E-state index in [1.807, 2.05) is 13.8 Å². The van der Waals surface area contributed by atoms with Gasteiger partial charge in [-0.15, -0.1) is 0 Å². The topological polar surface area (TPSA) is 46.3 Å². The van der Waals surface area contributed by atoms with E-state index in [-0.39, 0.29) is 11.5 Å². The Hall–Kier alpha value is -1.58. The maximum Gasteiger partial charge on any atom is 0.256 e. The zero-order chi connectivity index (χ0) is 12.3.